The van der Waals surface area contributed by atoms with Gasteiger partial charge in [-0.1, -0.05) is 17.7 Å². The highest BCUT2D eigenvalue weighted by molar-refractivity contribution is 7.18. The summed E-state index contributed by atoms with van der Waals surface area (Å²) in [7, 11) is 1.58. The van der Waals surface area contributed by atoms with E-state index in [2.05, 4.69) is 15.3 Å². The molecule has 1 N–H and O–H groups in total. The summed E-state index contributed by atoms with van der Waals surface area (Å²) < 4.78 is 5.17. The van der Waals surface area contributed by atoms with Gasteiger partial charge in [-0.3, -0.25) is 9.59 Å². The fraction of sp³-hybridized carbons (Fsp3) is 0.263. The third-order valence-electron chi connectivity index (χ3n) is 3.96. The van der Waals surface area contributed by atoms with Crippen LogP contribution in [0.25, 0.3) is 10.2 Å². The van der Waals surface area contributed by atoms with Crippen molar-refractivity contribution >= 4 is 51.0 Å². The maximum Gasteiger partial charge on any atom is 0.195 e. The molecule has 0 saturated carbocycles. The van der Waals surface area contributed by atoms with E-state index in [9.17, 15) is 9.59 Å². The number of aldehydes is 1. The predicted octanol–water partition coefficient (Wildman–Crippen LogP) is 3.97. The number of nitrogens with one attached hydrogen (secondary N) is 1. The minimum Gasteiger partial charge on any atom is -0.495 e. The summed E-state index contributed by atoms with van der Waals surface area (Å²) in [5, 5.41) is 4.80. The second-order valence-electron chi connectivity index (χ2n) is 5.97. The van der Waals surface area contributed by atoms with Gasteiger partial charge in [0, 0.05) is 24.3 Å². The van der Waals surface area contributed by atoms with Gasteiger partial charge >= 0.3 is 0 Å². The van der Waals surface area contributed by atoms with Gasteiger partial charge in [0.05, 0.1) is 17.5 Å². The van der Waals surface area contributed by atoms with E-state index in [-0.39, 0.29) is 6.42 Å². The fourth-order valence-corrected chi connectivity index (χ4v) is 3.81. The van der Waals surface area contributed by atoms with Gasteiger partial charge in [-0.25, -0.2) is 9.97 Å². The summed E-state index contributed by atoms with van der Waals surface area (Å²) >= 11 is 7.75. The highest BCUT2D eigenvalue weighted by atomic mass is 35.5. The topological polar surface area (TPSA) is 81.2 Å². The number of rotatable bonds is 8. The number of fused-ring (bicyclic) bond motifs is 1. The van der Waals surface area contributed by atoms with Gasteiger partial charge < -0.3 is 10.1 Å². The molecule has 0 aliphatic heterocycles. The number of Topliss-reactive ketones (excluding diaryl/α,β-unsaturated/α-hetero) is 1. The largest absolute Gasteiger partial charge is 0.495 e. The number of thiophene rings is 1. The SMILES string of the molecule is COc1ccc(CNc2nc(CCC(=O)C=O)nc3sc(C)cc23)cc1Cl. The second kappa shape index (κ2) is 8.45. The number of halogens is 1. The van der Waals surface area contributed by atoms with Crippen LogP contribution in [0, 0.1) is 6.92 Å². The Morgan fingerprint density at radius 3 is 2.85 bits per heavy atom. The van der Waals surface area contributed by atoms with Crippen LogP contribution in [0.2, 0.25) is 5.02 Å². The number of aryl methyl sites for hydroxylation is 2. The highest BCUT2D eigenvalue weighted by Crippen LogP contribution is 2.30. The monoisotopic (exact) mass is 403 g/mol. The molecule has 0 fully saturated rings. The summed E-state index contributed by atoms with van der Waals surface area (Å²) in [5.74, 6) is 1.41. The minimum absolute atomic E-state index is 0.104. The van der Waals surface area contributed by atoms with Crippen LogP contribution < -0.4 is 10.1 Å². The van der Waals surface area contributed by atoms with Crippen LogP contribution in [0.4, 0.5) is 5.82 Å². The standard InChI is InChI=1S/C19H18ClN3O3S/c1-11-7-14-18(21-9-12-3-5-16(26-2)15(20)8-12)22-17(23-19(14)27-11)6-4-13(25)10-24/h3,5,7-8,10H,4,6,9H2,1-2H3,(H,21,22,23). The lowest BCUT2D eigenvalue weighted by Gasteiger charge is -2.10. The molecule has 0 amide bonds. The van der Waals surface area contributed by atoms with Gasteiger partial charge in [0.2, 0.25) is 0 Å². The average Bonchev–Trinajstić information content (AvgIpc) is 3.04. The van der Waals surface area contributed by atoms with Crippen molar-refractivity contribution in [1.82, 2.24) is 9.97 Å². The zero-order chi connectivity index (χ0) is 19.4. The molecule has 3 aromatic rings. The molecule has 27 heavy (non-hydrogen) atoms. The van der Waals surface area contributed by atoms with E-state index >= 15 is 0 Å². The Morgan fingerprint density at radius 2 is 2.15 bits per heavy atom. The molecule has 2 heterocycles. The molecular formula is C19H18ClN3O3S. The van der Waals surface area contributed by atoms with Gasteiger partial charge in [-0.2, -0.15) is 0 Å². The number of hydrogen-bond acceptors (Lipinski definition) is 7. The Labute approximate surface area is 165 Å². The normalized spacial score (nSPS) is 10.8. The maximum absolute atomic E-state index is 11.3. The zero-order valence-corrected chi connectivity index (χ0v) is 16.5. The Balaban J connectivity index is 1.84. The molecule has 140 valence electrons. The molecule has 0 saturated heterocycles. The van der Waals surface area contributed by atoms with E-state index < -0.39 is 5.78 Å². The first-order chi connectivity index (χ1) is 13.0. The molecule has 0 aliphatic rings. The lowest BCUT2D eigenvalue weighted by Crippen LogP contribution is -2.07. The Bertz CT molecular complexity index is 1000. The van der Waals surface area contributed by atoms with Crippen molar-refractivity contribution < 1.29 is 14.3 Å². The fourth-order valence-electron chi connectivity index (χ4n) is 2.63. The van der Waals surface area contributed by atoms with Crippen molar-refractivity contribution in [2.45, 2.75) is 26.3 Å². The molecular weight excluding hydrogens is 386 g/mol. The quantitative estimate of drug-likeness (QED) is 0.452. The third-order valence-corrected chi connectivity index (χ3v) is 5.20. The van der Waals surface area contributed by atoms with Gasteiger partial charge in [0.15, 0.2) is 12.1 Å². The van der Waals surface area contributed by atoms with Gasteiger partial charge in [0.25, 0.3) is 0 Å². The maximum atomic E-state index is 11.3. The van der Waals surface area contributed by atoms with Crippen LogP contribution in [0.5, 0.6) is 5.75 Å². The number of carbonyl (C=O) groups excluding carboxylic acids is 2. The first-order valence-electron chi connectivity index (χ1n) is 8.31. The van der Waals surface area contributed by atoms with Crippen molar-refractivity contribution in [2.24, 2.45) is 0 Å². The van der Waals surface area contributed by atoms with Crippen molar-refractivity contribution in [3.8, 4) is 5.75 Å². The number of benzene rings is 1. The van der Waals surface area contributed by atoms with Gasteiger partial charge in [-0.15, -0.1) is 11.3 Å². The Morgan fingerprint density at radius 1 is 1.33 bits per heavy atom. The van der Waals surface area contributed by atoms with Crippen LogP contribution in [0.3, 0.4) is 0 Å². The average molecular weight is 404 g/mol. The third kappa shape index (κ3) is 4.61. The number of anilines is 1. The number of methoxy groups -OCH3 is 1. The number of hydrogen-bond donors (Lipinski definition) is 1. The Kier molecular flexibility index (Phi) is 6.03. The van der Waals surface area contributed by atoms with Crippen molar-refractivity contribution in [3.05, 3.63) is 45.6 Å². The molecule has 0 aliphatic carbocycles. The van der Waals surface area contributed by atoms with Crippen LogP contribution in [0.15, 0.2) is 24.3 Å². The number of ketones is 1. The number of carbonyl (C=O) groups is 2. The molecule has 2 aromatic heterocycles. The van der Waals surface area contributed by atoms with Gasteiger partial charge in [-0.05, 0) is 30.7 Å². The van der Waals surface area contributed by atoms with Crippen LogP contribution >= 0.6 is 22.9 Å². The lowest BCUT2D eigenvalue weighted by atomic mass is 10.2. The van der Waals surface area contributed by atoms with Gasteiger partial charge in [0.1, 0.15) is 22.2 Å². The Hall–Kier alpha value is -2.51. The molecule has 0 radical (unpaired) electrons. The highest BCUT2D eigenvalue weighted by Gasteiger charge is 2.12. The van der Waals surface area contributed by atoms with Crippen molar-refractivity contribution in [2.75, 3.05) is 12.4 Å². The van der Waals surface area contributed by atoms with E-state index in [1.807, 2.05) is 31.2 Å². The molecule has 0 spiro atoms. The summed E-state index contributed by atoms with van der Waals surface area (Å²) in [6.45, 7) is 2.53. The first-order valence-corrected chi connectivity index (χ1v) is 9.51. The number of aromatic nitrogens is 2. The van der Waals surface area contributed by atoms with Crippen molar-refractivity contribution in [3.63, 3.8) is 0 Å². The molecule has 3 rings (SSSR count). The van der Waals surface area contributed by atoms with Crippen LogP contribution in [-0.4, -0.2) is 29.1 Å². The second-order valence-corrected chi connectivity index (χ2v) is 7.61. The smallest absolute Gasteiger partial charge is 0.195 e. The number of nitrogens with zero attached hydrogens (tertiary/aromatic N) is 2. The summed E-state index contributed by atoms with van der Waals surface area (Å²) in [6, 6.07) is 7.62. The molecule has 8 heteroatoms. The lowest BCUT2D eigenvalue weighted by molar-refractivity contribution is -0.129. The van der Waals surface area contributed by atoms with Crippen LogP contribution in [-0.2, 0) is 22.6 Å². The molecule has 0 unspecified atom stereocenters. The molecule has 1 aromatic carbocycles. The van der Waals surface area contributed by atoms with E-state index in [0.29, 0.717) is 41.7 Å². The van der Waals surface area contributed by atoms with Crippen LogP contribution in [0.1, 0.15) is 22.7 Å². The van der Waals surface area contributed by atoms with E-state index in [0.717, 1.165) is 20.7 Å². The zero-order valence-electron chi connectivity index (χ0n) is 14.9. The molecule has 6 nitrogen and oxygen atoms in total. The first kappa shape index (κ1) is 19.3. The number of ether oxygens (including phenoxy) is 1. The van der Waals surface area contributed by atoms with E-state index in [4.69, 9.17) is 16.3 Å². The molecule has 0 bridgehead atoms. The minimum atomic E-state index is -0.455. The summed E-state index contributed by atoms with van der Waals surface area (Å²) in [4.78, 5) is 32.8. The van der Waals surface area contributed by atoms with E-state index in [1.165, 1.54) is 0 Å². The molecule has 0 atom stereocenters. The predicted molar refractivity (Wildman–Crippen MR) is 107 cm³/mol. The summed E-state index contributed by atoms with van der Waals surface area (Å²) in [6.07, 6.45) is 0.765. The summed E-state index contributed by atoms with van der Waals surface area (Å²) in [5.41, 5.74) is 0.984. The van der Waals surface area contributed by atoms with Crippen molar-refractivity contribution in [1.29, 1.82) is 0 Å². The van der Waals surface area contributed by atoms with E-state index in [1.54, 1.807) is 18.4 Å².